The molecule has 11 rings (SSSR count). The average molecular weight is 683 g/mol. The number of hydrogen-bond donors (Lipinski definition) is 1. The predicted molar refractivity (Wildman–Crippen MR) is 218 cm³/mol. The lowest BCUT2D eigenvalue weighted by Crippen LogP contribution is -2.80. The molecule has 1 aliphatic rings. The van der Waals surface area contributed by atoms with Gasteiger partial charge in [0.1, 0.15) is 22.9 Å². The number of thiophene rings is 1. The Bertz CT molecular complexity index is 3000. The smallest absolute Gasteiger partial charge is 0.143 e. The van der Waals surface area contributed by atoms with Crippen LogP contribution in [0.2, 0.25) is 0 Å². The monoisotopic (exact) mass is 682 g/mol. The van der Waals surface area contributed by atoms with Crippen molar-refractivity contribution in [1.29, 1.82) is 0 Å². The highest BCUT2D eigenvalue weighted by Crippen LogP contribution is 2.49. The Morgan fingerprint density at radius 2 is 1.12 bits per heavy atom. The molecule has 1 unspecified atom stereocenters. The largest absolute Gasteiger partial charge is 0.456 e. The zero-order valence-corrected chi connectivity index (χ0v) is 29.0. The van der Waals surface area contributed by atoms with Crippen LogP contribution in [0.3, 0.4) is 0 Å². The van der Waals surface area contributed by atoms with Crippen molar-refractivity contribution in [3.63, 3.8) is 0 Å². The van der Waals surface area contributed by atoms with Crippen molar-refractivity contribution in [2.24, 2.45) is 0 Å². The molecule has 3 heteroatoms. The van der Waals surface area contributed by atoms with Gasteiger partial charge in [-0.25, -0.2) is 0 Å². The summed E-state index contributed by atoms with van der Waals surface area (Å²) in [5, 5.41) is 7.43. The van der Waals surface area contributed by atoms with Crippen molar-refractivity contribution in [3.05, 3.63) is 187 Å². The highest BCUT2D eigenvalue weighted by Gasteiger charge is 2.34. The fourth-order valence-corrected chi connectivity index (χ4v) is 9.59. The molecule has 0 radical (unpaired) electrons. The zero-order valence-electron chi connectivity index (χ0n) is 28.2. The van der Waals surface area contributed by atoms with E-state index in [4.69, 9.17) is 4.42 Å². The molecule has 2 nitrogen and oxygen atoms in total. The van der Waals surface area contributed by atoms with Crippen LogP contribution < -0.4 is 5.32 Å². The Labute approximate surface area is 305 Å². The Hall–Kier alpha value is -6.26. The number of hydrogen-bond acceptors (Lipinski definition) is 2. The molecule has 0 saturated heterocycles. The van der Waals surface area contributed by atoms with Crippen molar-refractivity contribution in [2.45, 2.75) is 6.04 Å². The minimum Gasteiger partial charge on any atom is -0.456 e. The fourth-order valence-electron chi connectivity index (χ4n) is 8.45. The molecule has 0 spiro atoms. The van der Waals surface area contributed by atoms with E-state index in [1.807, 2.05) is 11.3 Å². The first-order chi connectivity index (χ1) is 25.8. The summed E-state index contributed by atoms with van der Waals surface area (Å²) in [5.41, 5.74) is 15.5. The van der Waals surface area contributed by atoms with Crippen LogP contribution >= 0.6 is 11.3 Å². The van der Waals surface area contributed by atoms with Gasteiger partial charge >= 0.3 is 0 Å². The molecule has 0 aliphatic carbocycles. The summed E-state index contributed by atoms with van der Waals surface area (Å²) >= 11 is 1.87. The van der Waals surface area contributed by atoms with E-state index in [-0.39, 0.29) is 6.04 Å². The summed E-state index contributed by atoms with van der Waals surface area (Å²) in [6.45, 7) is 0. The summed E-state index contributed by atoms with van der Waals surface area (Å²) < 4.78 is 9.29. The number of furan rings is 1. The maximum absolute atomic E-state index is 6.63. The number of nitrogens with two attached hydrogens (primary N) is 1. The van der Waals surface area contributed by atoms with Crippen LogP contribution in [-0.4, -0.2) is 0 Å². The van der Waals surface area contributed by atoms with Crippen LogP contribution in [0.1, 0.15) is 17.2 Å². The van der Waals surface area contributed by atoms with Crippen LogP contribution in [0, 0.1) is 0 Å². The highest BCUT2D eigenvalue weighted by molar-refractivity contribution is 7.25. The first-order valence-electron chi connectivity index (χ1n) is 17.9. The summed E-state index contributed by atoms with van der Waals surface area (Å²) in [5.74, 6) is 0. The minimum atomic E-state index is 0.0449. The van der Waals surface area contributed by atoms with Crippen LogP contribution in [0.4, 0.5) is 5.69 Å². The summed E-state index contributed by atoms with van der Waals surface area (Å²) in [7, 11) is 0. The molecule has 10 aromatic rings. The number of para-hydroxylation sites is 2. The summed E-state index contributed by atoms with van der Waals surface area (Å²) in [6, 6.07) is 64.2. The van der Waals surface area contributed by atoms with Gasteiger partial charge in [-0.2, -0.15) is 0 Å². The van der Waals surface area contributed by atoms with Gasteiger partial charge in [0, 0.05) is 58.8 Å². The van der Waals surface area contributed by atoms with Gasteiger partial charge in [0.2, 0.25) is 0 Å². The van der Waals surface area contributed by atoms with Gasteiger partial charge in [0.25, 0.3) is 0 Å². The molecular formula is C49H32NOS+. The molecule has 3 heterocycles. The Morgan fingerprint density at radius 1 is 0.442 bits per heavy atom. The van der Waals surface area contributed by atoms with E-state index >= 15 is 0 Å². The van der Waals surface area contributed by atoms with Crippen molar-refractivity contribution >= 4 is 59.1 Å². The molecule has 2 N–H and O–H groups in total. The van der Waals surface area contributed by atoms with Crippen molar-refractivity contribution < 1.29 is 9.73 Å². The second kappa shape index (κ2) is 11.6. The topological polar surface area (TPSA) is 29.8 Å². The lowest BCUT2D eigenvalue weighted by molar-refractivity contribution is -0.608. The molecule has 0 bridgehead atoms. The lowest BCUT2D eigenvalue weighted by atomic mass is 9.80. The second-order valence-electron chi connectivity index (χ2n) is 13.8. The standard InChI is InChI=1S/C49H31NOS/c1-2-12-30(13-3-1)46-47-38-19-4-7-21-41(38)50-49(40(47)29-43-48(46)39-20-5-8-22-42(39)51-43)35-17-11-16-33(27-35)31-14-10-15-32(26-31)34-24-25-37-36-18-6-9-23-44(36)52-45(37)28-34/h1-29,49-50H/p+1. The van der Waals surface area contributed by atoms with Gasteiger partial charge in [0.15, 0.2) is 0 Å². The summed E-state index contributed by atoms with van der Waals surface area (Å²) in [4.78, 5) is 0. The van der Waals surface area contributed by atoms with Gasteiger partial charge < -0.3 is 9.73 Å². The highest BCUT2D eigenvalue weighted by atomic mass is 32.1. The summed E-state index contributed by atoms with van der Waals surface area (Å²) in [6.07, 6.45) is 0. The van der Waals surface area contributed by atoms with E-state index in [2.05, 4.69) is 181 Å². The third kappa shape index (κ3) is 4.60. The first kappa shape index (κ1) is 29.5. The molecule has 0 saturated carbocycles. The molecule has 1 atom stereocenters. The second-order valence-corrected chi connectivity index (χ2v) is 14.9. The number of quaternary nitrogens is 1. The van der Waals surface area contributed by atoms with E-state index in [1.165, 1.54) is 86.9 Å². The average Bonchev–Trinajstić information content (AvgIpc) is 3.78. The molecule has 0 amide bonds. The molecule has 2 aromatic heterocycles. The van der Waals surface area contributed by atoms with Crippen LogP contribution in [-0.2, 0) is 0 Å². The number of fused-ring (bicyclic) bond motifs is 9. The minimum absolute atomic E-state index is 0.0449. The van der Waals surface area contributed by atoms with Crippen molar-refractivity contribution in [1.82, 2.24) is 0 Å². The van der Waals surface area contributed by atoms with E-state index in [0.29, 0.717) is 0 Å². The Balaban J connectivity index is 1.07. The lowest BCUT2D eigenvalue weighted by Gasteiger charge is -2.28. The fraction of sp³-hybridized carbons (Fsp3) is 0.0204. The number of benzene rings is 8. The zero-order chi connectivity index (χ0) is 34.2. The molecular weight excluding hydrogens is 651 g/mol. The maximum atomic E-state index is 6.63. The Morgan fingerprint density at radius 3 is 2.00 bits per heavy atom. The van der Waals surface area contributed by atoms with Crippen molar-refractivity contribution in [3.8, 4) is 44.5 Å². The third-order valence-electron chi connectivity index (χ3n) is 10.8. The van der Waals surface area contributed by atoms with E-state index < -0.39 is 0 Å². The van der Waals surface area contributed by atoms with Crippen molar-refractivity contribution in [2.75, 3.05) is 0 Å². The Kier molecular flexibility index (Phi) is 6.60. The quantitative estimate of drug-likeness (QED) is 0.184. The molecule has 244 valence electrons. The third-order valence-corrected chi connectivity index (χ3v) is 12.0. The van der Waals surface area contributed by atoms with Gasteiger partial charge in [-0.15, -0.1) is 11.3 Å². The van der Waals surface area contributed by atoms with Crippen LogP contribution in [0.15, 0.2) is 180 Å². The van der Waals surface area contributed by atoms with Gasteiger partial charge in [0.05, 0.1) is 0 Å². The molecule has 8 aromatic carbocycles. The van der Waals surface area contributed by atoms with E-state index in [0.717, 1.165) is 16.6 Å². The number of rotatable bonds is 4. The SMILES string of the molecule is c1ccc(-c2c3c(cc4oc5ccccc5c24)C(c2cccc(-c4cccc(-c5ccc6c(c5)sc5ccccc56)c4)c2)[NH2+]c2ccccc2-3)cc1. The molecule has 1 aliphatic heterocycles. The molecule has 52 heavy (non-hydrogen) atoms. The molecule has 0 fully saturated rings. The van der Waals surface area contributed by atoms with Gasteiger partial charge in [-0.05, 0) is 76.3 Å². The van der Waals surface area contributed by atoms with Crippen LogP contribution in [0.5, 0.6) is 0 Å². The van der Waals surface area contributed by atoms with Gasteiger partial charge in [-0.1, -0.05) is 127 Å². The first-order valence-corrected chi connectivity index (χ1v) is 18.7. The van der Waals surface area contributed by atoms with E-state index in [1.54, 1.807) is 0 Å². The predicted octanol–water partition coefficient (Wildman–Crippen LogP) is 12.9. The van der Waals surface area contributed by atoms with E-state index in [9.17, 15) is 0 Å². The van der Waals surface area contributed by atoms with Gasteiger partial charge in [-0.3, -0.25) is 0 Å². The normalized spacial score (nSPS) is 13.9. The maximum Gasteiger partial charge on any atom is 0.143 e. The van der Waals surface area contributed by atoms with Crippen LogP contribution in [0.25, 0.3) is 86.6 Å².